The van der Waals surface area contributed by atoms with Crippen LogP contribution >= 0.6 is 0 Å². The maximum atomic E-state index is 13.0. The van der Waals surface area contributed by atoms with Gasteiger partial charge in [-0.25, -0.2) is 22.9 Å². The van der Waals surface area contributed by atoms with E-state index in [1.165, 1.54) is 24.6 Å². The van der Waals surface area contributed by atoms with Gasteiger partial charge >= 0.3 is 6.09 Å². The van der Waals surface area contributed by atoms with Crippen LogP contribution in [0.15, 0.2) is 46.0 Å². The summed E-state index contributed by atoms with van der Waals surface area (Å²) in [6.07, 6.45) is 9.09. The van der Waals surface area contributed by atoms with Gasteiger partial charge in [0, 0.05) is 5.56 Å². The molecule has 3 N–H and O–H groups in total. The van der Waals surface area contributed by atoms with Gasteiger partial charge in [0.25, 0.3) is 10.0 Å². The van der Waals surface area contributed by atoms with Crippen LogP contribution in [0, 0.1) is 52.3 Å². The lowest BCUT2D eigenvalue weighted by Crippen LogP contribution is -2.62. The molecule has 0 bridgehead atoms. The van der Waals surface area contributed by atoms with E-state index in [4.69, 9.17) is 9.15 Å². The Labute approximate surface area is 261 Å². The lowest BCUT2D eigenvalue weighted by atomic mass is 9.41. The Morgan fingerprint density at radius 1 is 1.11 bits per heavy atom. The van der Waals surface area contributed by atoms with Crippen LogP contribution in [-0.2, 0) is 14.8 Å². The van der Waals surface area contributed by atoms with Crippen LogP contribution in [0.25, 0.3) is 11.5 Å². The Balaban J connectivity index is 1.11. The molecule has 0 spiro atoms. The molecule has 44 heavy (non-hydrogen) atoms. The Morgan fingerprint density at radius 2 is 1.86 bits per heavy atom. The first-order chi connectivity index (χ1) is 20.9. The Kier molecular flexibility index (Phi) is 8.42. The number of carbonyl (C=O) groups is 1. The van der Waals surface area contributed by atoms with Crippen molar-refractivity contribution in [1.82, 2.24) is 9.71 Å². The molecule has 1 aromatic heterocycles. The number of aliphatic hydroxyl groups is 2. The predicted octanol–water partition coefficient (Wildman–Crippen LogP) is 6.02. The highest BCUT2D eigenvalue weighted by atomic mass is 32.2. The fourth-order valence-electron chi connectivity index (χ4n) is 10.6. The van der Waals surface area contributed by atoms with Gasteiger partial charge in [0.15, 0.2) is 0 Å². The Hall–Kier alpha value is -2.43. The van der Waals surface area contributed by atoms with E-state index in [1.54, 1.807) is 12.1 Å². The standard InChI is InChI=1S/C34H48N2O7S/c1-5-24-28-18-22(37)11-13-34(28,4)27-12-14-33(3)25(9-10-26(33)29(27)30(24)38)20(2)19-43-32(39)36-44(40,41)23-8-6-7-21(17-23)31-35-15-16-42-31/h6-8,15-17,20,22,24-30,37-38H,5,9-14,18-19H2,1-4H3,(H,36,39)/t20-,22-,24-,25-,26+,27+,28+,29+,30-,33-,34-/m1/s1. The van der Waals surface area contributed by atoms with Gasteiger partial charge in [-0.2, -0.15) is 0 Å². The van der Waals surface area contributed by atoms with Gasteiger partial charge in [-0.15, -0.1) is 0 Å². The molecule has 1 heterocycles. The number of oxazole rings is 1. The summed E-state index contributed by atoms with van der Waals surface area (Å²) < 4.78 is 38.8. The lowest BCUT2D eigenvalue weighted by molar-refractivity contribution is -0.203. The number of fused-ring (bicyclic) bond motifs is 5. The van der Waals surface area contributed by atoms with Crippen LogP contribution in [0.1, 0.15) is 79.1 Å². The molecule has 2 aromatic rings. The Bertz CT molecular complexity index is 1450. The minimum atomic E-state index is -4.15. The van der Waals surface area contributed by atoms with Crippen molar-refractivity contribution in [3.63, 3.8) is 0 Å². The third-order valence-corrected chi connectivity index (χ3v) is 14.0. The minimum absolute atomic E-state index is 0.0173. The van der Waals surface area contributed by atoms with Gasteiger partial charge in [-0.3, -0.25) is 0 Å². The topological polar surface area (TPSA) is 139 Å². The predicted molar refractivity (Wildman–Crippen MR) is 165 cm³/mol. The molecule has 4 fully saturated rings. The summed E-state index contributed by atoms with van der Waals surface area (Å²) in [5.41, 5.74) is 0.650. The molecule has 0 saturated heterocycles. The van der Waals surface area contributed by atoms with Gasteiger partial charge in [-0.1, -0.05) is 40.2 Å². The average Bonchev–Trinajstić information content (AvgIpc) is 3.65. The molecule has 4 aliphatic carbocycles. The van der Waals surface area contributed by atoms with Crippen LogP contribution in [0.5, 0.6) is 0 Å². The third kappa shape index (κ3) is 5.28. The number of benzene rings is 1. The summed E-state index contributed by atoms with van der Waals surface area (Å²) in [4.78, 5) is 16.7. The number of nitrogens with one attached hydrogen (secondary N) is 1. The highest BCUT2D eigenvalue weighted by molar-refractivity contribution is 7.90. The first-order valence-corrected chi connectivity index (χ1v) is 17.9. The summed E-state index contributed by atoms with van der Waals surface area (Å²) >= 11 is 0. The highest BCUT2D eigenvalue weighted by Gasteiger charge is 2.64. The number of aliphatic hydroxyl groups excluding tert-OH is 2. The normalized spacial score (nSPS) is 39.0. The molecule has 4 aliphatic rings. The van der Waals surface area contributed by atoms with E-state index in [9.17, 15) is 23.4 Å². The lowest BCUT2D eigenvalue weighted by Gasteiger charge is -2.64. The van der Waals surface area contributed by atoms with Gasteiger partial charge < -0.3 is 19.4 Å². The molecule has 1 amide bonds. The summed E-state index contributed by atoms with van der Waals surface area (Å²) in [7, 11) is -4.15. The van der Waals surface area contributed by atoms with Crippen molar-refractivity contribution in [3.8, 4) is 11.5 Å². The fourth-order valence-corrected chi connectivity index (χ4v) is 11.6. The number of aromatic nitrogens is 1. The van der Waals surface area contributed by atoms with E-state index < -0.39 is 16.1 Å². The zero-order chi connectivity index (χ0) is 31.4. The average molecular weight is 629 g/mol. The largest absolute Gasteiger partial charge is 0.449 e. The highest BCUT2D eigenvalue weighted by Crippen LogP contribution is 2.69. The quantitative estimate of drug-likeness (QED) is 0.338. The molecule has 0 unspecified atom stereocenters. The molecule has 242 valence electrons. The number of amides is 1. The molecular formula is C34H48N2O7S. The van der Waals surface area contributed by atoms with Gasteiger partial charge in [0.1, 0.15) is 6.26 Å². The van der Waals surface area contributed by atoms with E-state index in [2.05, 4.69) is 37.4 Å². The van der Waals surface area contributed by atoms with Crippen molar-refractivity contribution in [1.29, 1.82) is 0 Å². The molecule has 11 atom stereocenters. The van der Waals surface area contributed by atoms with Crippen molar-refractivity contribution in [2.24, 2.45) is 52.3 Å². The maximum absolute atomic E-state index is 13.0. The van der Waals surface area contributed by atoms with Crippen LogP contribution in [0.2, 0.25) is 0 Å². The molecule has 1 aromatic carbocycles. The van der Waals surface area contributed by atoms with Crippen molar-refractivity contribution in [3.05, 3.63) is 36.7 Å². The van der Waals surface area contributed by atoms with Crippen LogP contribution in [0.3, 0.4) is 0 Å². The van der Waals surface area contributed by atoms with Crippen molar-refractivity contribution >= 4 is 16.1 Å². The van der Waals surface area contributed by atoms with Gasteiger partial charge in [-0.05, 0) is 115 Å². The number of sulfonamides is 1. The number of ether oxygens (including phenoxy) is 1. The van der Waals surface area contributed by atoms with Crippen molar-refractivity contribution in [2.75, 3.05) is 6.61 Å². The first-order valence-electron chi connectivity index (χ1n) is 16.4. The number of hydrogen-bond donors (Lipinski definition) is 3. The zero-order valence-corrected chi connectivity index (χ0v) is 27.1. The smallest absolute Gasteiger partial charge is 0.421 e. The van der Waals surface area contributed by atoms with Crippen molar-refractivity contribution < 1.29 is 32.6 Å². The monoisotopic (exact) mass is 628 g/mol. The second kappa shape index (κ2) is 11.7. The van der Waals surface area contributed by atoms with E-state index in [0.29, 0.717) is 29.2 Å². The number of hydrogen-bond acceptors (Lipinski definition) is 8. The first kappa shape index (κ1) is 31.5. The van der Waals surface area contributed by atoms with Gasteiger partial charge in [0.2, 0.25) is 5.89 Å². The minimum Gasteiger partial charge on any atom is -0.449 e. The summed E-state index contributed by atoms with van der Waals surface area (Å²) in [5.74, 6) is 2.30. The molecule has 9 nitrogen and oxygen atoms in total. The van der Waals surface area contributed by atoms with Crippen LogP contribution < -0.4 is 4.72 Å². The molecule has 0 radical (unpaired) electrons. The molecular weight excluding hydrogens is 580 g/mol. The third-order valence-electron chi connectivity index (χ3n) is 12.7. The Morgan fingerprint density at radius 3 is 2.59 bits per heavy atom. The van der Waals surface area contributed by atoms with E-state index in [-0.39, 0.29) is 58.2 Å². The fraction of sp³-hybridized carbons (Fsp3) is 0.706. The number of rotatable bonds is 7. The SMILES string of the molecule is CC[C@H]1[C@@H](O)[C@@H]2[C@H](CC[C@]3(C)[C@@H]([C@H](C)COC(=O)NS(=O)(=O)c4cccc(-c5ncco5)c4)CC[C@@H]23)[C@@]2(C)CC[C@@H](O)C[C@@H]12. The van der Waals surface area contributed by atoms with E-state index >= 15 is 0 Å². The van der Waals surface area contributed by atoms with Gasteiger partial charge in [0.05, 0.1) is 29.9 Å². The number of nitrogens with zero attached hydrogens (tertiary/aromatic N) is 1. The van der Waals surface area contributed by atoms with Crippen LogP contribution in [0.4, 0.5) is 4.79 Å². The summed E-state index contributed by atoms with van der Waals surface area (Å²) in [6.45, 7) is 9.22. The van der Waals surface area contributed by atoms with E-state index in [1.807, 2.05) is 0 Å². The van der Waals surface area contributed by atoms with E-state index in [0.717, 1.165) is 51.4 Å². The molecule has 4 saturated carbocycles. The second-order valence-electron chi connectivity index (χ2n) is 14.7. The number of carbonyl (C=O) groups excluding carboxylic acids is 1. The maximum Gasteiger partial charge on any atom is 0.421 e. The second-order valence-corrected chi connectivity index (χ2v) is 16.4. The summed E-state index contributed by atoms with van der Waals surface area (Å²) in [5, 5.41) is 22.5. The van der Waals surface area contributed by atoms with Crippen molar-refractivity contribution in [2.45, 2.75) is 96.2 Å². The molecule has 0 aliphatic heterocycles. The van der Waals surface area contributed by atoms with Crippen LogP contribution in [-0.4, -0.2) is 48.5 Å². The summed E-state index contributed by atoms with van der Waals surface area (Å²) in [6, 6.07) is 6.06. The molecule has 10 heteroatoms. The zero-order valence-electron chi connectivity index (χ0n) is 26.3. The molecule has 6 rings (SSSR count).